The van der Waals surface area contributed by atoms with E-state index in [1.54, 1.807) is 25.3 Å². The summed E-state index contributed by atoms with van der Waals surface area (Å²) in [7, 11) is 2.88. The molecule has 1 aromatic carbocycles. The predicted octanol–water partition coefficient (Wildman–Crippen LogP) is 2.68. The lowest BCUT2D eigenvalue weighted by Gasteiger charge is -2.05. The summed E-state index contributed by atoms with van der Waals surface area (Å²) in [6.07, 6.45) is 0. The van der Waals surface area contributed by atoms with Crippen LogP contribution in [0.1, 0.15) is 10.5 Å². The molecular weight excluding hydrogens is 242 g/mol. The molecule has 17 heavy (non-hydrogen) atoms. The van der Waals surface area contributed by atoms with Gasteiger partial charge in [-0.1, -0.05) is 17.7 Å². The molecule has 0 saturated carbocycles. The van der Waals surface area contributed by atoms with Crippen molar-refractivity contribution in [3.05, 3.63) is 35.1 Å². The zero-order valence-electron chi connectivity index (χ0n) is 9.36. The summed E-state index contributed by atoms with van der Waals surface area (Å²) in [5, 5.41) is 1.80. The maximum Gasteiger partial charge on any atom is 0.356 e. The Balaban J connectivity index is 2.63. The molecule has 2 aromatic rings. The maximum atomic E-state index is 11.4. The van der Waals surface area contributed by atoms with E-state index in [2.05, 4.69) is 9.72 Å². The SMILES string of the molecule is COC(=O)c1cc2ccc(OC)cc2c(Cl)n1. The normalized spacial score (nSPS) is 10.3. The molecule has 0 radical (unpaired) electrons. The van der Waals surface area contributed by atoms with Gasteiger partial charge in [0.25, 0.3) is 0 Å². The van der Waals surface area contributed by atoms with Crippen LogP contribution in [0.15, 0.2) is 24.3 Å². The number of fused-ring (bicyclic) bond motifs is 1. The van der Waals surface area contributed by atoms with E-state index in [1.807, 2.05) is 6.07 Å². The van der Waals surface area contributed by atoms with E-state index >= 15 is 0 Å². The van der Waals surface area contributed by atoms with Crippen LogP contribution in [0, 0.1) is 0 Å². The molecule has 0 aliphatic rings. The lowest BCUT2D eigenvalue weighted by molar-refractivity contribution is 0.0594. The minimum Gasteiger partial charge on any atom is -0.497 e. The van der Waals surface area contributed by atoms with Crippen LogP contribution >= 0.6 is 11.6 Å². The van der Waals surface area contributed by atoms with Gasteiger partial charge in [-0.3, -0.25) is 0 Å². The Morgan fingerprint density at radius 2 is 2.06 bits per heavy atom. The van der Waals surface area contributed by atoms with Gasteiger partial charge < -0.3 is 9.47 Å². The van der Waals surface area contributed by atoms with E-state index in [0.29, 0.717) is 5.75 Å². The van der Waals surface area contributed by atoms with Gasteiger partial charge in [-0.05, 0) is 23.6 Å². The Bertz CT molecular complexity index is 583. The monoisotopic (exact) mass is 251 g/mol. The first-order valence-corrected chi connectivity index (χ1v) is 5.26. The third-order valence-electron chi connectivity index (χ3n) is 2.39. The Labute approximate surface area is 103 Å². The highest BCUT2D eigenvalue weighted by Crippen LogP contribution is 2.26. The molecule has 0 saturated heterocycles. The molecule has 0 spiro atoms. The van der Waals surface area contributed by atoms with Crippen LogP contribution < -0.4 is 4.74 Å². The van der Waals surface area contributed by atoms with Crippen LogP contribution in [0.2, 0.25) is 5.15 Å². The average Bonchev–Trinajstić information content (AvgIpc) is 2.37. The van der Waals surface area contributed by atoms with Gasteiger partial charge in [-0.2, -0.15) is 0 Å². The minimum atomic E-state index is -0.510. The van der Waals surface area contributed by atoms with Gasteiger partial charge in [0.15, 0.2) is 5.69 Å². The number of ether oxygens (including phenoxy) is 2. The zero-order chi connectivity index (χ0) is 12.4. The van der Waals surface area contributed by atoms with Crippen molar-refractivity contribution in [1.82, 2.24) is 4.98 Å². The van der Waals surface area contributed by atoms with Crippen LogP contribution in [0.25, 0.3) is 10.8 Å². The fourth-order valence-electron chi connectivity index (χ4n) is 1.52. The maximum absolute atomic E-state index is 11.4. The van der Waals surface area contributed by atoms with Gasteiger partial charge in [0, 0.05) is 5.39 Å². The molecule has 88 valence electrons. The summed E-state index contributed by atoms with van der Waals surface area (Å²) >= 11 is 6.02. The second-order valence-corrected chi connectivity index (χ2v) is 3.73. The first kappa shape index (κ1) is 11.7. The van der Waals surface area contributed by atoms with Crippen LogP contribution in [-0.4, -0.2) is 25.2 Å². The van der Waals surface area contributed by atoms with Gasteiger partial charge >= 0.3 is 5.97 Å². The summed E-state index contributed by atoms with van der Waals surface area (Å²) in [5.41, 5.74) is 0.190. The van der Waals surface area contributed by atoms with E-state index in [-0.39, 0.29) is 10.8 Å². The van der Waals surface area contributed by atoms with Crippen molar-refractivity contribution >= 4 is 28.3 Å². The summed E-state index contributed by atoms with van der Waals surface area (Å²) in [6.45, 7) is 0. The highest BCUT2D eigenvalue weighted by Gasteiger charge is 2.11. The number of hydrogen-bond acceptors (Lipinski definition) is 4. The molecule has 0 unspecified atom stereocenters. The van der Waals surface area contributed by atoms with Gasteiger partial charge in [-0.15, -0.1) is 0 Å². The summed E-state index contributed by atoms with van der Waals surface area (Å²) < 4.78 is 9.70. The number of aromatic nitrogens is 1. The Morgan fingerprint density at radius 1 is 1.29 bits per heavy atom. The third-order valence-corrected chi connectivity index (χ3v) is 2.68. The van der Waals surface area contributed by atoms with Crippen molar-refractivity contribution in [1.29, 1.82) is 0 Å². The van der Waals surface area contributed by atoms with Crippen LogP contribution in [0.3, 0.4) is 0 Å². The first-order chi connectivity index (χ1) is 8.15. The summed E-state index contributed by atoms with van der Waals surface area (Å²) in [5.74, 6) is 0.177. The molecule has 0 aliphatic heterocycles. The molecular formula is C12H10ClNO3. The van der Waals surface area contributed by atoms with E-state index in [0.717, 1.165) is 10.8 Å². The number of carbonyl (C=O) groups is 1. The van der Waals surface area contributed by atoms with E-state index < -0.39 is 5.97 Å². The van der Waals surface area contributed by atoms with Crippen molar-refractivity contribution < 1.29 is 14.3 Å². The number of benzene rings is 1. The van der Waals surface area contributed by atoms with Crippen LogP contribution in [0.4, 0.5) is 0 Å². The Kier molecular flexibility index (Phi) is 3.15. The first-order valence-electron chi connectivity index (χ1n) is 4.88. The average molecular weight is 252 g/mol. The highest BCUT2D eigenvalue weighted by molar-refractivity contribution is 6.34. The van der Waals surface area contributed by atoms with Crippen molar-refractivity contribution in [3.63, 3.8) is 0 Å². The summed E-state index contributed by atoms with van der Waals surface area (Å²) in [6, 6.07) is 7.01. The number of pyridine rings is 1. The molecule has 0 bridgehead atoms. The van der Waals surface area contributed by atoms with E-state index in [1.165, 1.54) is 7.11 Å². The molecule has 0 aliphatic carbocycles. The summed E-state index contributed by atoms with van der Waals surface area (Å²) in [4.78, 5) is 15.3. The van der Waals surface area contributed by atoms with Crippen LogP contribution in [-0.2, 0) is 4.74 Å². The zero-order valence-corrected chi connectivity index (χ0v) is 10.1. The number of esters is 1. The molecule has 0 amide bonds. The number of nitrogens with zero attached hydrogens (tertiary/aromatic N) is 1. The van der Waals surface area contributed by atoms with Crippen molar-refractivity contribution in [2.45, 2.75) is 0 Å². The molecule has 0 atom stereocenters. The number of rotatable bonds is 2. The quantitative estimate of drug-likeness (QED) is 0.608. The number of carbonyl (C=O) groups excluding carboxylic acids is 1. The Morgan fingerprint density at radius 3 is 2.71 bits per heavy atom. The molecule has 0 fully saturated rings. The second kappa shape index (κ2) is 4.59. The van der Waals surface area contributed by atoms with Gasteiger partial charge in [-0.25, -0.2) is 9.78 Å². The molecule has 4 nitrogen and oxygen atoms in total. The fourth-order valence-corrected chi connectivity index (χ4v) is 1.78. The molecule has 0 N–H and O–H groups in total. The highest BCUT2D eigenvalue weighted by atomic mass is 35.5. The standard InChI is InChI=1S/C12H10ClNO3/c1-16-8-4-3-7-5-10(12(15)17-2)14-11(13)9(7)6-8/h3-6H,1-2H3. The van der Waals surface area contributed by atoms with Crippen molar-refractivity contribution in [2.24, 2.45) is 0 Å². The number of halogens is 1. The topological polar surface area (TPSA) is 48.4 Å². The minimum absolute atomic E-state index is 0.190. The fraction of sp³-hybridized carbons (Fsp3) is 0.167. The third kappa shape index (κ3) is 2.17. The Hall–Kier alpha value is -1.81. The van der Waals surface area contributed by atoms with E-state index in [4.69, 9.17) is 16.3 Å². The lowest BCUT2D eigenvalue weighted by Crippen LogP contribution is -2.04. The van der Waals surface area contributed by atoms with E-state index in [9.17, 15) is 4.79 Å². The molecule has 1 heterocycles. The molecule has 1 aromatic heterocycles. The molecule has 5 heteroatoms. The van der Waals surface area contributed by atoms with Crippen molar-refractivity contribution in [3.8, 4) is 5.75 Å². The van der Waals surface area contributed by atoms with Crippen LogP contribution in [0.5, 0.6) is 5.75 Å². The largest absolute Gasteiger partial charge is 0.497 e. The lowest BCUT2D eigenvalue weighted by atomic mass is 10.1. The smallest absolute Gasteiger partial charge is 0.356 e. The van der Waals surface area contributed by atoms with Crippen molar-refractivity contribution in [2.75, 3.05) is 14.2 Å². The predicted molar refractivity (Wildman–Crippen MR) is 64.6 cm³/mol. The van der Waals surface area contributed by atoms with Gasteiger partial charge in [0.2, 0.25) is 0 Å². The second-order valence-electron chi connectivity index (χ2n) is 3.38. The molecule has 2 rings (SSSR count). The number of hydrogen-bond donors (Lipinski definition) is 0. The van der Waals surface area contributed by atoms with Gasteiger partial charge in [0.1, 0.15) is 10.9 Å². The number of methoxy groups -OCH3 is 2. The van der Waals surface area contributed by atoms with Gasteiger partial charge in [0.05, 0.1) is 14.2 Å².